The maximum absolute atomic E-state index is 13.7. The molecule has 20 heavy (non-hydrogen) atoms. The number of rotatable bonds is 3. The lowest BCUT2D eigenvalue weighted by Crippen LogP contribution is -2.15. The molecule has 0 spiro atoms. The molecule has 1 N–H and O–H groups in total. The normalized spacial score (nSPS) is 10.2. The van der Waals surface area contributed by atoms with Gasteiger partial charge in [0.2, 0.25) is 5.28 Å². The standard InChI is InChI=1S/C12H8Cl2FN3O2/c1-20-6-2-3-7(8(15)4-6)11(19)17-10-5-9(13)16-12(14)18-10/h2-5H,1H3,(H,16,17,18,19). The molecule has 0 saturated heterocycles. The number of methoxy groups -OCH3 is 1. The highest BCUT2D eigenvalue weighted by Crippen LogP contribution is 2.19. The number of nitrogens with one attached hydrogen (secondary N) is 1. The van der Waals surface area contributed by atoms with Gasteiger partial charge in [0, 0.05) is 12.1 Å². The summed E-state index contributed by atoms with van der Waals surface area (Å²) in [7, 11) is 1.40. The van der Waals surface area contributed by atoms with Gasteiger partial charge >= 0.3 is 0 Å². The van der Waals surface area contributed by atoms with Gasteiger partial charge in [0.1, 0.15) is 22.5 Å². The van der Waals surface area contributed by atoms with E-state index >= 15 is 0 Å². The van der Waals surface area contributed by atoms with Crippen LogP contribution in [0.15, 0.2) is 24.3 Å². The van der Waals surface area contributed by atoms with Crippen molar-refractivity contribution >= 4 is 34.9 Å². The SMILES string of the molecule is COc1ccc(C(=O)Nc2cc(Cl)nc(Cl)n2)c(F)c1. The Morgan fingerprint density at radius 2 is 2.05 bits per heavy atom. The molecular formula is C12H8Cl2FN3O2. The maximum Gasteiger partial charge on any atom is 0.259 e. The summed E-state index contributed by atoms with van der Waals surface area (Å²) in [5.74, 6) is -1.01. The third kappa shape index (κ3) is 3.34. The third-order valence-corrected chi connectivity index (χ3v) is 2.69. The van der Waals surface area contributed by atoms with Crippen molar-refractivity contribution in [2.45, 2.75) is 0 Å². The molecule has 2 aromatic rings. The summed E-state index contributed by atoms with van der Waals surface area (Å²) >= 11 is 11.3. The highest BCUT2D eigenvalue weighted by molar-refractivity contribution is 6.32. The Labute approximate surface area is 123 Å². The maximum atomic E-state index is 13.7. The van der Waals surface area contributed by atoms with Crippen LogP contribution in [-0.2, 0) is 0 Å². The van der Waals surface area contributed by atoms with Crippen LogP contribution in [0.4, 0.5) is 10.2 Å². The molecule has 0 atom stereocenters. The molecule has 0 saturated carbocycles. The first kappa shape index (κ1) is 14.5. The van der Waals surface area contributed by atoms with Gasteiger partial charge in [-0.3, -0.25) is 4.79 Å². The zero-order chi connectivity index (χ0) is 14.7. The molecule has 2 rings (SSSR count). The minimum absolute atomic E-state index is 0.0653. The minimum atomic E-state index is -0.715. The van der Waals surface area contributed by atoms with Crippen LogP contribution in [0.25, 0.3) is 0 Å². The molecule has 1 amide bonds. The first-order valence-corrected chi connectivity index (χ1v) is 6.10. The summed E-state index contributed by atoms with van der Waals surface area (Å²) in [4.78, 5) is 19.3. The molecule has 0 fully saturated rings. The number of amides is 1. The van der Waals surface area contributed by atoms with Crippen molar-refractivity contribution in [1.29, 1.82) is 0 Å². The lowest BCUT2D eigenvalue weighted by molar-refractivity contribution is 0.102. The van der Waals surface area contributed by atoms with Crippen molar-refractivity contribution in [1.82, 2.24) is 9.97 Å². The summed E-state index contributed by atoms with van der Waals surface area (Å²) < 4.78 is 18.6. The molecule has 1 heterocycles. The predicted octanol–water partition coefficient (Wildman–Crippen LogP) is 3.18. The number of carbonyl (C=O) groups is 1. The predicted molar refractivity (Wildman–Crippen MR) is 73.0 cm³/mol. The summed E-state index contributed by atoms with van der Waals surface area (Å²) in [6, 6.07) is 5.17. The lowest BCUT2D eigenvalue weighted by Gasteiger charge is -2.07. The molecule has 0 aliphatic rings. The first-order chi connectivity index (χ1) is 9.49. The number of anilines is 1. The van der Waals surface area contributed by atoms with Crippen molar-refractivity contribution in [3.8, 4) is 5.75 Å². The van der Waals surface area contributed by atoms with Gasteiger partial charge < -0.3 is 10.1 Å². The summed E-state index contributed by atoms with van der Waals surface area (Å²) in [6.45, 7) is 0. The molecule has 0 aliphatic heterocycles. The molecule has 0 unspecified atom stereocenters. The number of halogens is 3. The highest BCUT2D eigenvalue weighted by atomic mass is 35.5. The zero-order valence-corrected chi connectivity index (χ0v) is 11.7. The Kier molecular flexibility index (Phi) is 4.36. The van der Waals surface area contributed by atoms with E-state index in [2.05, 4.69) is 15.3 Å². The number of ether oxygens (including phenoxy) is 1. The van der Waals surface area contributed by atoms with Crippen molar-refractivity contribution in [2.24, 2.45) is 0 Å². The Morgan fingerprint density at radius 3 is 2.65 bits per heavy atom. The fraction of sp³-hybridized carbons (Fsp3) is 0.0833. The Bertz CT molecular complexity index is 647. The van der Waals surface area contributed by atoms with Gasteiger partial charge in [-0.2, -0.15) is 0 Å². The molecule has 0 bridgehead atoms. The van der Waals surface area contributed by atoms with E-state index < -0.39 is 11.7 Å². The monoisotopic (exact) mass is 315 g/mol. The van der Waals surface area contributed by atoms with Crippen molar-refractivity contribution in [2.75, 3.05) is 12.4 Å². The van der Waals surface area contributed by atoms with Gasteiger partial charge in [-0.05, 0) is 23.7 Å². The van der Waals surface area contributed by atoms with Crippen molar-refractivity contribution in [3.63, 3.8) is 0 Å². The Balaban J connectivity index is 2.23. The van der Waals surface area contributed by atoms with Crippen LogP contribution in [0, 0.1) is 5.82 Å². The number of hydrogen-bond donors (Lipinski definition) is 1. The average molecular weight is 316 g/mol. The second kappa shape index (κ2) is 6.02. The van der Waals surface area contributed by atoms with E-state index in [1.54, 1.807) is 0 Å². The number of hydrogen-bond acceptors (Lipinski definition) is 4. The second-order valence-corrected chi connectivity index (χ2v) is 4.37. The molecule has 1 aromatic carbocycles. The number of carbonyl (C=O) groups excluding carboxylic acids is 1. The van der Waals surface area contributed by atoms with Gasteiger partial charge in [0.25, 0.3) is 5.91 Å². The number of aromatic nitrogens is 2. The Morgan fingerprint density at radius 1 is 1.30 bits per heavy atom. The van der Waals surface area contributed by atoms with E-state index in [1.807, 2.05) is 0 Å². The average Bonchev–Trinajstić information content (AvgIpc) is 2.36. The number of nitrogens with zero attached hydrogens (tertiary/aromatic N) is 2. The fourth-order valence-corrected chi connectivity index (χ4v) is 1.85. The lowest BCUT2D eigenvalue weighted by atomic mass is 10.2. The summed E-state index contributed by atoms with van der Waals surface area (Å²) in [5, 5.41) is 2.32. The smallest absolute Gasteiger partial charge is 0.259 e. The largest absolute Gasteiger partial charge is 0.497 e. The fourth-order valence-electron chi connectivity index (χ4n) is 1.44. The molecule has 8 heteroatoms. The molecule has 0 aliphatic carbocycles. The van der Waals surface area contributed by atoms with E-state index in [-0.39, 0.29) is 21.8 Å². The molecular weight excluding hydrogens is 308 g/mol. The summed E-state index contributed by atoms with van der Waals surface area (Å²) in [6.07, 6.45) is 0. The van der Waals surface area contributed by atoms with Gasteiger partial charge in [-0.15, -0.1) is 0 Å². The topological polar surface area (TPSA) is 64.1 Å². The van der Waals surface area contributed by atoms with Crippen LogP contribution >= 0.6 is 23.2 Å². The Hall–Kier alpha value is -1.92. The highest BCUT2D eigenvalue weighted by Gasteiger charge is 2.14. The van der Waals surface area contributed by atoms with Gasteiger partial charge in [0.15, 0.2) is 0 Å². The molecule has 104 valence electrons. The van der Waals surface area contributed by atoms with Crippen molar-refractivity contribution < 1.29 is 13.9 Å². The molecule has 0 radical (unpaired) electrons. The van der Waals surface area contributed by atoms with Crippen LogP contribution in [0.2, 0.25) is 10.4 Å². The quantitative estimate of drug-likeness (QED) is 0.698. The van der Waals surface area contributed by atoms with Gasteiger partial charge in [-0.1, -0.05) is 11.6 Å². The summed E-state index contributed by atoms with van der Waals surface area (Å²) in [5.41, 5.74) is -0.156. The van der Waals surface area contributed by atoms with E-state index in [0.717, 1.165) is 6.07 Å². The van der Waals surface area contributed by atoms with Gasteiger partial charge in [-0.25, -0.2) is 14.4 Å². The second-order valence-electron chi connectivity index (χ2n) is 3.64. The van der Waals surface area contributed by atoms with E-state index in [0.29, 0.717) is 5.75 Å². The zero-order valence-electron chi connectivity index (χ0n) is 10.2. The molecule has 1 aromatic heterocycles. The molecule has 5 nitrogen and oxygen atoms in total. The third-order valence-electron chi connectivity index (χ3n) is 2.33. The van der Waals surface area contributed by atoms with E-state index in [1.165, 1.54) is 25.3 Å². The number of benzene rings is 1. The van der Waals surface area contributed by atoms with Crippen LogP contribution in [-0.4, -0.2) is 23.0 Å². The van der Waals surface area contributed by atoms with E-state index in [4.69, 9.17) is 27.9 Å². The van der Waals surface area contributed by atoms with Crippen LogP contribution in [0.3, 0.4) is 0 Å². The van der Waals surface area contributed by atoms with Crippen LogP contribution in [0.5, 0.6) is 5.75 Å². The van der Waals surface area contributed by atoms with Crippen molar-refractivity contribution in [3.05, 3.63) is 46.1 Å². The minimum Gasteiger partial charge on any atom is -0.497 e. The van der Waals surface area contributed by atoms with E-state index in [9.17, 15) is 9.18 Å². The van der Waals surface area contributed by atoms with Crippen LogP contribution in [0.1, 0.15) is 10.4 Å². The van der Waals surface area contributed by atoms with Gasteiger partial charge in [0.05, 0.1) is 12.7 Å². The first-order valence-electron chi connectivity index (χ1n) is 5.34. The van der Waals surface area contributed by atoms with Crippen LogP contribution < -0.4 is 10.1 Å².